The summed E-state index contributed by atoms with van der Waals surface area (Å²) in [5.41, 5.74) is 3.43. The van der Waals surface area contributed by atoms with Crippen LogP contribution in [0, 0.1) is 19.8 Å². The molecule has 1 aliphatic heterocycles. The summed E-state index contributed by atoms with van der Waals surface area (Å²) in [7, 11) is 1.55. The van der Waals surface area contributed by atoms with Gasteiger partial charge in [-0.2, -0.15) is 0 Å². The molecule has 0 bridgehead atoms. The van der Waals surface area contributed by atoms with Gasteiger partial charge in [-0.1, -0.05) is 6.07 Å². The lowest BCUT2D eigenvalue weighted by Gasteiger charge is -2.18. The SMILES string of the molecule is COc1ccc(C(=O)[C@@H](C)OC(=O)[C@H]2CC(=O)N(c3ccc(C)c(C)c3)C2)cc1. The number of benzene rings is 2. The zero-order valence-corrected chi connectivity index (χ0v) is 17.1. The average Bonchev–Trinajstić information content (AvgIpc) is 3.11. The molecular weight excluding hydrogens is 370 g/mol. The first-order chi connectivity index (χ1) is 13.8. The number of ether oxygens (including phenoxy) is 2. The first-order valence-electron chi connectivity index (χ1n) is 9.56. The van der Waals surface area contributed by atoms with Gasteiger partial charge < -0.3 is 14.4 Å². The van der Waals surface area contributed by atoms with Crippen molar-refractivity contribution in [2.75, 3.05) is 18.6 Å². The Morgan fingerprint density at radius 1 is 1.07 bits per heavy atom. The van der Waals surface area contributed by atoms with Gasteiger partial charge in [0.1, 0.15) is 5.75 Å². The highest BCUT2D eigenvalue weighted by atomic mass is 16.5. The molecule has 0 N–H and O–H groups in total. The fourth-order valence-corrected chi connectivity index (χ4v) is 3.32. The van der Waals surface area contributed by atoms with Crippen LogP contribution in [0.25, 0.3) is 0 Å². The predicted octanol–water partition coefficient (Wildman–Crippen LogP) is 3.48. The minimum atomic E-state index is -0.929. The van der Waals surface area contributed by atoms with E-state index in [0.717, 1.165) is 16.8 Å². The summed E-state index contributed by atoms with van der Waals surface area (Å²) in [6, 6.07) is 12.4. The molecule has 6 nitrogen and oxygen atoms in total. The molecule has 1 heterocycles. The summed E-state index contributed by atoms with van der Waals surface area (Å²) in [4.78, 5) is 39.1. The Bertz CT molecular complexity index is 935. The molecule has 2 atom stereocenters. The first-order valence-corrected chi connectivity index (χ1v) is 9.56. The van der Waals surface area contributed by atoms with Crippen LogP contribution in [-0.4, -0.2) is 37.4 Å². The van der Waals surface area contributed by atoms with E-state index < -0.39 is 18.0 Å². The fraction of sp³-hybridized carbons (Fsp3) is 0.348. The lowest BCUT2D eigenvalue weighted by atomic mass is 10.1. The summed E-state index contributed by atoms with van der Waals surface area (Å²) < 4.78 is 10.5. The molecule has 0 aliphatic carbocycles. The molecule has 0 spiro atoms. The molecule has 1 saturated heterocycles. The third-order valence-corrected chi connectivity index (χ3v) is 5.30. The van der Waals surface area contributed by atoms with Crippen LogP contribution in [0.4, 0.5) is 5.69 Å². The number of methoxy groups -OCH3 is 1. The normalized spacial score (nSPS) is 17.2. The van der Waals surface area contributed by atoms with Crippen LogP contribution < -0.4 is 9.64 Å². The average molecular weight is 395 g/mol. The molecule has 152 valence electrons. The van der Waals surface area contributed by atoms with Gasteiger partial charge in [0.05, 0.1) is 13.0 Å². The number of rotatable bonds is 6. The molecule has 1 amide bonds. The molecule has 29 heavy (non-hydrogen) atoms. The van der Waals surface area contributed by atoms with E-state index in [1.165, 1.54) is 0 Å². The molecule has 3 rings (SSSR count). The Kier molecular flexibility index (Phi) is 6.01. The molecule has 2 aromatic carbocycles. The molecule has 1 fully saturated rings. The maximum Gasteiger partial charge on any atom is 0.312 e. The molecule has 0 aromatic heterocycles. The number of carbonyl (C=O) groups excluding carboxylic acids is 3. The van der Waals surface area contributed by atoms with Gasteiger partial charge in [0.2, 0.25) is 11.7 Å². The van der Waals surface area contributed by atoms with Gasteiger partial charge in [-0.15, -0.1) is 0 Å². The van der Waals surface area contributed by atoms with Crippen LogP contribution in [0.2, 0.25) is 0 Å². The topological polar surface area (TPSA) is 72.9 Å². The third kappa shape index (κ3) is 4.47. The summed E-state index contributed by atoms with van der Waals surface area (Å²) >= 11 is 0. The van der Waals surface area contributed by atoms with Crippen LogP contribution in [-0.2, 0) is 14.3 Å². The van der Waals surface area contributed by atoms with E-state index in [1.54, 1.807) is 43.2 Å². The number of anilines is 1. The van der Waals surface area contributed by atoms with Crippen molar-refractivity contribution in [3.8, 4) is 5.75 Å². The summed E-state index contributed by atoms with van der Waals surface area (Å²) in [5, 5.41) is 0. The number of amides is 1. The molecule has 0 unspecified atom stereocenters. The number of hydrogen-bond donors (Lipinski definition) is 0. The lowest BCUT2D eigenvalue weighted by Crippen LogP contribution is -2.30. The van der Waals surface area contributed by atoms with Gasteiger partial charge in [0.25, 0.3) is 0 Å². The van der Waals surface area contributed by atoms with Gasteiger partial charge in [-0.3, -0.25) is 14.4 Å². The number of carbonyl (C=O) groups is 3. The van der Waals surface area contributed by atoms with Gasteiger partial charge in [0.15, 0.2) is 6.10 Å². The van der Waals surface area contributed by atoms with Crippen molar-refractivity contribution >= 4 is 23.3 Å². The highest BCUT2D eigenvalue weighted by molar-refractivity contribution is 6.02. The number of esters is 1. The fourth-order valence-electron chi connectivity index (χ4n) is 3.32. The van der Waals surface area contributed by atoms with Crippen LogP contribution in [0.1, 0.15) is 34.8 Å². The van der Waals surface area contributed by atoms with Crippen molar-refractivity contribution in [3.05, 3.63) is 59.2 Å². The highest BCUT2D eigenvalue weighted by Crippen LogP contribution is 2.28. The molecule has 0 radical (unpaired) electrons. The van der Waals surface area contributed by atoms with E-state index in [9.17, 15) is 14.4 Å². The predicted molar refractivity (Wildman–Crippen MR) is 109 cm³/mol. The Balaban J connectivity index is 1.63. The van der Waals surface area contributed by atoms with Gasteiger partial charge >= 0.3 is 5.97 Å². The van der Waals surface area contributed by atoms with E-state index in [-0.39, 0.29) is 24.7 Å². The zero-order chi connectivity index (χ0) is 21.1. The van der Waals surface area contributed by atoms with E-state index in [1.807, 2.05) is 32.0 Å². The number of hydrogen-bond acceptors (Lipinski definition) is 5. The van der Waals surface area contributed by atoms with Crippen molar-refractivity contribution in [1.29, 1.82) is 0 Å². The van der Waals surface area contributed by atoms with Crippen molar-refractivity contribution in [2.45, 2.75) is 33.3 Å². The van der Waals surface area contributed by atoms with Gasteiger partial charge in [0, 0.05) is 24.2 Å². The standard InChI is InChI=1S/C23H25NO5/c1-14-5-8-19(11-15(14)2)24-13-18(12-21(24)25)23(27)29-16(3)22(26)17-6-9-20(28-4)10-7-17/h5-11,16,18H,12-13H2,1-4H3/t16-,18+/m1/s1. The van der Waals surface area contributed by atoms with Crippen molar-refractivity contribution in [2.24, 2.45) is 5.92 Å². The summed E-state index contributed by atoms with van der Waals surface area (Å²) in [5.74, 6) is -0.892. The maximum atomic E-state index is 12.6. The van der Waals surface area contributed by atoms with Crippen LogP contribution in [0.3, 0.4) is 0 Å². The number of aryl methyl sites for hydroxylation is 2. The van der Waals surface area contributed by atoms with E-state index in [0.29, 0.717) is 11.3 Å². The Labute approximate surface area is 170 Å². The second-order valence-corrected chi connectivity index (χ2v) is 7.35. The van der Waals surface area contributed by atoms with Crippen LogP contribution in [0.5, 0.6) is 5.75 Å². The van der Waals surface area contributed by atoms with E-state index >= 15 is 0 Å². The minimum Gasteiger partial charge on any atom is -0.497 e. The quantitative estimate of drug-likeness (QED) is 0.553. The Morgan fingerprint density at radius 3 is 2.38 bits per heavy atom. The Morgan fingerprint density at radius 2 is 1.76 bits per heavy atom. The molecule has 1 aliphatic rings. The molecule has 0 saturated carbocycles. The smallest absolute Gasteiger partial charge is 0.312 e. The van der Waals surface area contributed by atoms with Crippen LogP contribution in [0.15, 0.2) is 42.5 Å². The third-order valence-electron chi connectivity index (χ3n) is 5.30. The number of Topliss-reactive ketones (excluding diaryl/α,β-unsaturated/α-hetero) is 1. The highest BCUT2D eigenvalue weighted by Gasteiger charge is 2.37. The van der Waals surface area contributed by atoms with Gasteiger partial charge in [-0.25, -0.2) is 0 Å². The van der Waals surface area contributed by atoms with Gasteiger partial charge in [-0.05, 0) is 68.3 Å². The zero-order valence-electron chi connectivity index (χ0n) is 17.1. The molecule has 6 heteroatoms. The van der Waals surface area contributed by atoms with Crippen LogP contribution >= 0.6 is 0 Å². The van der Waals surface area contributed by atoms with Crippen molar-refractivity contribution < 1.29 is 23.9 Å². The summed E-state index contributed by atoms with van der Waals surface area (Å²) in [6.07, 6.45) is -0.850. The lowest BCUT2D eigenvalue weighted by molar-refractivity contribution is -0.151. The van der Waals surface area contributed by atoms with E-state index in [4.69, 9.17) is 9.47 Å². The summed E-state index contributed by atoms with van der Waals surface area (Å²) in [6.45, 7) is 5.79. The van der Waals surface area contributed by atoms with Crippen molar-refractivity contribution in [1.82, 2.24) is 0 Å². The number of nitrogens with zero attached hydrogens (tertiary/aromatic N) is 1. The largest absolute Gasteiger partial charge is 0.497 e. The minimum absolute atomic E-state index is 0.0786. The monoisotopic (exact) mass is 395 g/mol. The van der Waals surface area contributed by atoms with Crippen molar-refractivity contribution in [3.63, 3.8) is 0 Å². The molecular formula is C23H25NO5. The second kappa shape index (κ2) is 8.47. The molecule has 2 aromatic rings. The van der Waals surface area contributed by atoms with E-state index in [2.05, 4.69) is 0 Å². The Hall–Kier alpha value is -3.15. The first kappa shape index (κ1) is 20.6. The second-order valence-electron chi connectivity index (χ2n) is 7.35. The maximum absolute atomic E-state index is 12.6. The number of ketones is 1.